The summed E-state index contributed by atoms with van der Waals surface area (Å²) in [5.41, 5.74) is 1.17. The summed E-state index contributed by atoms with van der Waals surface area (Å²) in [6, 6.07) is 7.27. The van der Waals surface area contributed by atoms with Gasteiger partial charge in [0.05, 0.1) is 4.47 Å². The lowest BCUT2D eigenvalue weighted by Gasteiger charge is -2.05. The molecule has 0 bridgehead atoms. The standard InChI is InChI=1S/C10H10BrNO/c1-3-8(2)12(13)10-7-5-4-6-9(10)11/h3-7H,1H2,2H3/b12-8-. The van der Waals surface area contributed by atoms with Crippen molar-refractivity contribution in [3.8, 4) is 0 Å². The molecule has 0 spiro atoms. The van der Waals surface area contributed by atoms with Gasteiger partial charge in [-0.2, -0.15) is 4.74 Å². The summed E-state index contributed by atoms with van der Waals surface area (Å²) in [6.45, 7) is 5.26. The molecular weight excluding hydrogens is 230 g/mol. The first-order valence-electron chi connectivity index (χ1n) is 3.84. The fourth-order valence-electron chi connectivity index (χ4n) is 0.889. The Kier molecular flexibility index (Phi) is 3.25. The number of benzene rings is 1. The third-order valence-electron chi connectivity index (χ3n) is 1.69. The predicted octanol–water partition coefficient (Wildman–Crippen LogP) is 3.24. The average molecular weight is 240 g/mol. The van der Waals surface area contributed by atoms with Crippen molar-refractivity contribution >= 4 is 27.3 Å². The van der Waals surface area contributed by atoms with Crippen molar-refractivity contribution < 1.29 is 4.74 Å². The van der Waals surface area contributed by atoms with Gasteiger partial charge >= 0.3 is 0 Å². The molecule has 0 fully saturated rings. The highest BCUT2D eigenvalue weighted by atomic mass is 79.9. The fourth-order valence-corrected chi connectivity index (χ4v) is 1.34. The molecular formula is C10H10BrNO. The smallest absolute Gasteiger partial charge is 0.230 e. The van der Waals surface area contributed by atoms with Crippen molar-refractivity contribution in [2.75, 3.05) is 0 Å². The van der Waals surface area contributed by atoms with Gasteiger partial charge in [0.15, 0.2) is 5.71 Å². The van der Waals surface area contributed by atoms with Crippen LogP contribution >= 0.6 is 15.9 Å². The molecule has 0 heterocycles. The Morgan fingerprint density at radius 2 is 2.15 bits per heavy atom. The van der Waals surface area contributed by atoms with Gasteiger partial charge in [-0.3, -0.25) is 0 Å². The lowest BCUT2D eigenvalue weighted by molar-refractivity contribution is -0.361. The van der Waals surface area contributed by atoms with E-state index in [-0.39, 0.29) is 0 Å². The van der Waals surface area contributed by atoms with Gasteiger partial charge in [-0.25, -0.2) is 0 Å². The molecule has 0 aliphatic carbocycles. The zero-order valence-electron chi connectivity index (χ0n) is 7.33. The minimum Gasteiger partial charge on any atom is -0.618 e. The van der Waals surface area contributed by atoms with Crippen LogP contribution in [-0.4, -0.2) is 10.5 Å². The van der Waals surface area contributed by atoms with Crippen molar-refractivity contribution in [2.45, 2.75) is 6.92 Å². The van der Waals surface area contributed by atoms with E-state index in [2.05, 4.69) is 22.5 Å². The van der Waals surface area contributed by atoms with E-state index in [1.54, 1.807) is 13.0 Å². The Morgan fingerprint density at radius 1 is 1.54 bits per heavy atom. The van der Waals surface area contributed by atoms with Crippen molar-refractivity contribution in [1.29, 1.82) is 0 Å². The van der Waals surface area contributed by atoms with Crippen LogP contribution in [0.25, 0.3) is 0 Å². The molecule has 0 radical (unpaired) electrons. The first kappa shape index (κ1) is 9.99. The number of allylic oxidation sites excluding steroid dienone is 1. The van der Waals surface area contributed by atoms with E-state index < -0.39 is 0 Å². The summed E-state index contributed by atoms with van der Waals surface area (Å²) in [4.78, 5) is 0. The first-order valence-corrected chi connectivity index (χ1v) is 4.64. The van der Waals surface area contributed by atoms with E-state index in [4.69, 9.17) is 0 Å². The molecule has 0 aromatic heterocycles. The maximum absolute atomic E-state index is 11.6. The van der Waals surface area contributed by atoms with Crippen LogP contribution in [0.1, 0.15) is 6.92 Å². The normalized spacial score (nSPS) is 12.2. The van der Waals surface area contributed by atoms with Gasteiger partial charge in [0.25, 0.3) is 0 Å². The number of hydrogen-bond donors (Lipinski definition) is 0. The minimum atomic E-state index is 0.576. The largest absolute Gasteiger partial charge is 0.618 e. The van der Waals surface area contributed by atoms with Crippen LogP contribution in [0.4, 0.5) is 5.69 Å². The van der Waals surface area contributed by atoms with Crippen LogP contribution in [-0.2, 0) is 0 Å². The average Bonchev–Trinajstić information content (AvgIpc) is 2.16. The van der Waals surface area contributed by atoms with Gasteiger partial charge in [-0.1, -0.05) is 18.7 Å². The lowest BCUT2D eigenvalue weighted by Crippen LogP contribution is -2.04. The monoisotopic (exact) mass is 239 g/mol. The van der Waals surface area contributed by atoms with E-state index in [0.29, 0.717) is 11.4 Å². The van der Waals surface area contributed by atoms with Gasteiger partial charge in [0.1, 0.15) is 0 Å². The Balaban J connectivity index is 3.23. The number of rotatable bonds is 2. The summed E-state index contributed by atoms with van der Waals surface area (Å²) in [5.74, 6) is 0. The number of para-hydroxylation sites is 1. The van der Waals surface area contributed by atoms with E-state index >= 15 is 0 Å². The zero-order chi connectivity index (χ0) is 9.84. The van der Waals surface area contributed by atoms with Crippen LogP contribution < -0.4 is 0 Å². The van der Waals surface area contributed by atoms with Crippen molar-refractivity contribution in [3.63, 3.8) is 0 Å². The maximum atomic E-state index is 11.6. The molecule has 1 aromatic carbocycles. The van der Waals surface area contributed by atoms with Crippen LogP contribution in [0, 0.1) is 5.21 Å². The highest BCUT2D eigenvalue weighted by molar-refractivity contribution is 9.10. The molecule has 0 aliphatic heterocycles. The molecule has 1 rings (SSSR count). The summed E-state index contributed by atoms with van der Waals surface area (Å²) < 4.78 is 1.63. The summed E-state index contributed by atoms with van der Waals surface area (Å²) in [6.07, 6.45) is 1.53. The second-order valence-corrected chi connectivity index (χ2v) is 3.45. The molecule has 13 heavy (non-hydrogen) atoms. The van der Waals surface area contributed by atoms with Gasteiger partial charge in [-0.15, -0.1) is 0 Å². The third kappa shape index (κ3) is 2.18. The molecule has 3 heteroatoms. The molecule has 0 unspecified atom stereocenters. The van der Waals surface area contributed by atoms with E-state index in [9.17, 15) is 5.21 Å². The summed E-state index contributed by atoms with van der Waals surface area (Å²) >= 11 is 3.31. The van der Waals surface area contributed by atoms with Gasteiger partial charge in [0.2, 0.25) is 5.69 Å². The highest BCUT2D eigenvalue weighted by Crippen LogP contribution is 2.23. The Hall–Kier alpha value is -1.09. The second kappa shape index (κ2) is 4.23. The van der Waals surface area contributed by atoms with E-state index in [0.717, 1.165) is 9.21 Å². The zero-order valence-corrected chi connectivity index (χ0v) is 8.91. The second-order valence-electron chi connectivity index (χ2n) is 2.59. The van der Waals surface area contributed by atoms with Gasteiger partial charge < -0.3 is 5.21 Å². The Labute approximate surface area is 85.9 Å². The quantitative estimate of drug-likeness (QED) is 0.337. The van der Waals surface area contributed by atoms with Crippen LogP contribution in [0.3, 0.4) is 0 Å². The van der Waals surface area contributed by atoms with Gasteiger partial charge in [0, 0.05) is 13.0 Å². The molecule has 2 nitrogen and oxygen atoms in total. The molecule has 0 atom stereocenters. The SMILES string of the molecule is C=C/C(C)=[N+](\[O-])c1ccccc1Br. The molecule has 0 saturated heterocycles. The third-order valence-corrected chi connectivity index (χ3v) is 2.36. The topological polar surface area (TPSA) is 26.1 Å². The molecule has 0 saturated carbocycles. The first-order chi connectivity index (χ1) is 6.16. The Morgan fingerprint density at radius 3 is 2.69 bits per heavy atom. The van der Waals surface area contributed by atoms with Crippen molar-refractivity contribution in [1.82, 2.24) is 0 Å². The summed E-state index contributed by atoms with van der Waals surface area (Å²) in [7, 11) is 0. The molecule has 1 aromatic rings. The predicted molar refractivity (Wildman–Crippen MR) is 58.3 cm³/mol. The van der Waals surface area contributed by atoms with Crippen LogP contribution in [0.2, 0.25) is 0 Å². The molecule has 68 valence electrons. The van der Waals surface area contributed by atoms with Crippen LogP contribution in [0.5, 0.6) is 0 Å². The van der Waals surface area contributed by atoms with E-state index in [1.165, 1.54) is 6.08 Å². The minimum absolute atomic E-state index is 0.576. The van der Waals surface area contributed by atoms with Crippen molar-refractivity contribution in [3.05, 3.63) is 46.6 Å². The number of halogens is 1. The number of hydrogen-bond acceptors (Lipinski definition) is 1. The number of nitrogens with zero attached hydrogens (tertiary/aromatic N) is 1. The van der Waals surface area contributed by atoms with Crippen LogP contribution in [0.15, 0.2) is 41.4 Å². The summed E-state index contributed by atoms with van der Waals surface area (Å²) in [5, 5.41) is 11.6. The fraction of sp³-hybridized carbons (Fsp3) is 0.100. The molecule has 0 N–H and O–H groups in total. The highest BCUT2D eigenvalue weighted by Gasteiger charge is 2.07. The van der Waals surface area contributed by atoms with Gasteiger partial charge in [-0.05, 0) is 28.1 Å². The maximum Gasteiger partial charge on any atom is 0.230 e. The van der Waals surface area contributed by atoms with Crippen molar-refractivity contribution in [2.24, 2.45) is 0 Å². The Bertz CT molecular complexity index is 358. The molecule has 0 amide bonds. The van der Waals surface area contributed by atoms with E-state index in [1.807, 2.05) is 18.2 Å². The lowest BCUT2D eigenvalue weighted by atomic mass is 10.3. The molecule has 0 aliphatic rings.